The molecule has 0 aliphatic heterocycles. The van der Waals surface area contributed by atoms with Crippen molar-refractivity contribution in [1.29, 1.82) is 0 Å². The molecule has 0 saturated carbocycles. The van der Waals surface area contributed by atoms with E-state index in [4.69, 9.17) is 28.3 Å². The third-order valence-corrected chi connectivity index (χ3v) is 4.99. The molecule has 0 atom stereocenters. The van der Waals surface area contributed by atoms with Gasteiger partial charge in [-0.3, -0.25) is 0 Å². The van der Waals surface area contributed by atoms with Crippen molar-refractivity contribution in [2.45, 2.75) is 19.8 Å². The Morgan fingerprint density at radius 1 is 0.727 bits per heavy atom. The van der Waals surface area contributed by atoms with Gasteiger partial charge in [0.2, 0.25) is 0 Å². The molecule has 172 valence electrons. The Labute approximate surface area is 194 Å². The van der Waals surface area contributed by atoms with Gasteiger partial charge in [0.1, 0.15) is 30.3 Å². The van der Waals surface area contributed by atoms with Crippen LogP contribution in [0.3, 0.4) is 0 Å². The highest BCUT2D eigenvalue weighted by atomic mass is 16.5. The first kappa shape index (κ1) is 24.0. The third kappa shape index (κ3) is 6.20. The van der Waals surface area contributed by atoms with E-state index in [1.54, 1.807) is 33.5 Å². The summed E-state index contributed by atoms with van der Waals surface area (Å²) in [5.41, 5.74) is 2.77. The van der Waals surface area contributed by atoms with Crippen LogP contribution in [0.25, 0.3) is 0 Å². The van der Waals surface area contributed by atoms with Crippen molar-refractivity contribution in [3.8, 4) is 23.0 Å². The van der Waals surface area contributed by atoms with Gasteiger partial charge in [0.15, 0.2) is 11.5 Å². The number of carbonyl (C=O) groups excluding carboxylic acids is 1. The van der Waals surface area contributed by atoms with Crippen molar-refractivity contribution < 1.29 is 33.1 Å². The van der Waals surface area contributed by atoms with Gasteiger partial charge in [-0.2, -0.15) is 0 Å². The van der Waals surface area contributed by atoms with E-state index in [2.05, 4.69) is 0 Å². The molecule has 3 aromatic carbocycles. The molecule has 8 heteroatoms. The van der Waals surface area contributed by atoms with Gasteiger partial charge in [-0.1, -0.05) is 30.3 Å². The van der Waals surface area contributed by atoms with E-state index in [0.29, 0.717) is 17.1 Å². The van der Waals surface area contributed by atoms with Crippen LogP contribution in [-0.2, 0) is 29.2 Å². The van der Waals surface area contributed by atoms with Crippen LogP contribution < -0.4 is 18.9 Å². The standard InChI is InChI=1S/C25H27BO7/c1-28-16-19-8-13-22(31-14-17-4-9-20(29-2)10-5-17)24(23(19)25(27)33-26)32-15-18-6-11-21(30-3)12-7-18/h4-13H,14-16,26H2,1-3H3. The summed E-state index contributed by atoms with van der Waals surface area (Å²) < 4.78 is 32.9. The van der Waals surface area contributed by atoms with Crippen LogP contribution in [0, 0.1) is 0 Å². The summed E-state index contributed by atoms with van der Waals surface area (Å²) in [6, 6.07) is 18.6. The topological polar surface area (TPSA) is 72.5 Å². The van der Waals surface area contributed by atoms with E-state index in [1.807, 2.05) is 48.5 Å². The van der Waals surface area contributed by atoms with E-state index >= 15 is 0 Å². The summed E-state index contributed by atoms with van der Waals surface area (Å²) in [6.07, 6.45) is 0. The lowest BCUT2D eigenvalue weighted by molar-refractivity contribution is 0.0737. The first-order valence-corrected chi connectivity index (χ1v) is 10.3. The van der Waals surface area contributed by atoms with E-state index in [0.717, 1.165) is 22.6 Å². The molecule has 0 spiro atoms. The molecule has 0 unspecified atom stereocenters. The maximum Gasteiger partial charge on any atom is 0.326 e. The lowest BCUT2D eigenvalue weighted by Gasteiger charge is -2.19. The molecule has 0 aromatic heterocycles. The highest BCUT2D eigenvalue weighted by Gasteiger charge is 2.23. The largest absolute Gasteiger partial charge is 0.540 e. The summed E-state index contributed by atoms with van der Waals surface area (Å²) in [5.74, 6) is 1.72. The summed E-state index contributed by atoms with van der Waals surface area (Å²) in [5, 5.41) is 0. The molecule has 33 heavy (non-hydrogen) atoms. The molecule has 0 radical (unpaired) electrons. The zero-order chi connectivity index (χ0) is 23.6. The quantitative estimate of drug-likeness (QED) is 0.413. The summed E-state index contributed by atoms with van der Waals surface area (Å²) in [7, 11) is 6.12. The summed E-state index contributed by atoms with van der Waals surface area (Å²) in [4.78, 5) is 12.7. The molecule has 0 amide bonds. The zero-order valence-electron chi connectivity index (χ0n) is 19.3. The fourth-order valence-electron chi connectivity index (χ4n) is 3.22. The second-order valence-corrected chi connectivity index (χ2v) is 7.13. The zero-order valence-corrected chi connectivity index (χ0v) is 19.3. The van der Waals surface area contributed by atoms with Crippen LogP contribution >= 0.6 is 0 Å². The van der Waals surface area contributed by atoms with Gasteiger partial charge in [-0.15, -0.1) is 0 Å². The van der Waals surface area contributed by atoms with Crippen LogP contribution in [0.4, 0.5) is 0 Å². The van der Waals surface area contributed by atoms with Crippen molar-refractivity contribution in [1.82, 2.24) is 0 Å². The Morgan fingerprint density at radius 3 is 1.76 bits per heavy atom. The van der Waals surface area contributed by atoms with Crippen LogP contribution in [0.2, 0.25) is 0 Å². The minimum atomic E-state index is -0.526. The fourth-order valence-corrected chi connectivity index (χ4v) is 3.22. The van der Waals surface area contributed by atoms with E-state index < -0.39 is 5.97 Å². The maximum atomic E-state index is 12.7. The first-order valence-electron chi connectivity index (χ1n) is 10.3. The van der Waals surface area contributed by atoms with Gasteiger partial charge in [-0.25, -0.2) is 4.79 Å². The van der Waals surface area contributed by atoms with Crippen molar-refractivity contribution in [3.05, 3.63) is 82.9 Å². The fraction of sp³-hybridized carbons (Fsp3) is 0.240. The number of rotatable bonds is 11. The molecule has 0 saturated heterocycles. The number of benzene rings is 3. The number of carbonyl (C=O) groups is 1. The predicted octanol–water partition coefficient (Wildman–Crippen LogP) is 3.71. The van der Waals surface area contributed by atoms with Crippen molar-refractivity contribution >= 4 is 14.0 Å². The predicted molar refractivity (Wildman–Crippen MR) is 126 cm³/mol. The Hall–Kier alpha value is -3.65. The Morgan fingerprint density at radius 2 is 1.27 bits per heavy atom. The van der Waals surface area contributed by atoms with Crippen molar-refractivity contribution in [3.63, 3.8) is 0 Å². The monoisotopic (exact) mass is 450 g/mol. The number of hydrogen-bond donors (Lipinski definition) is 0. The molecule has 0 aliphatic rings. The van der Waals surface area contributed by atoms with E-state index in [-0.39, 0.29) is 25.4 Å². The summed E-state index contributed by atoms with van der Waals surface area (Å²) in [6.45, 7) is 0.735. The van der Waals surface area contributed by atoms with Crippen LogP contribution in [0.1, 0.15) is 27.0 Å². The lowest BCUT2D eigenvalue weighted by atomic mass is 10.1. The Balaban J connectivity index is 1.91. The lowest BCUT2D eigenvalue weighted by Crippen LogP contribution is -2.12. The van der Waals surface area contributed by atoms with Gasteiger partial charge >= 0.3 is 14.0 Å². The Kier molecular flexibility index (Phi) is 8.60. The first-order chi connectivity index (χ1) is 16.1. The molecule has 0 aliphatic carbocycles. The maximum absolute atomic E-state index is 12.7. The second kappa shape index (κ2) is 11.8. The molecule has 0 fully saturated rings. The van der Waals surface area contributed by atoms with Crippen molar-refractivity contribution in [2.24, 2.45) is 0 Å². The van der Waals surface area contributed by atoms with Gasteiger partial charge in [-0.05, 0) is 47.0 Å². The van der Waals surface area contributed by atoms with E-state index in [1.165, 1.54) is 8.05 Å². The third-order valence-electron chi connectivity index (χ3n) is 4.99. The SMILES string of the molecule is BOC(=O)c1c(COC)ccc(OCc2ccc(OC)cc2)c1OCc1ccc(OC)cc1. The second-order valence-electron chi connectivity index (χ2n) is 7.13. The minimum Gasteiger partial charge on any atom is -0.540 e. The van der Waals surface area contributed by atoms with Crippen LogP contribution in [-0.4, -0.2) is 35.3 Å². The molecule has 0 bridgehead atoms. The van der Waals surface area contributed by atoms with Crippen LogP contribution in [0.5, 0.6) is 23.0 Å². The highest BCUT2D eigenvalue weighted by Crippen LogP contribution is 2.36. The Bertz CT molecular complexity index is 1050. The smallest absolute Gasteiger partial charge is 0.326 e. The average molecular weight is 450 g/mol. The van der Waals surface area contributed by atoms with Gasteiger partial charge in [0.25, 0.3) is 0 Å². The molecular weight excluding hydrogens is 423 g/mol. The average Bonchev–Trinajstić information content (AvgIpc) is 2.87. The molecular formula is C25H27BO7. The normalized spacial score (nSPS) is 10.4. The minimum absolute atomic E-state index is 0.224. The van der Waals surface area contributed by atoms with Gasteiger partial charge in [0, 0.05) is 7.11 Å². The number of methoxy groups -OCH3 is 3. The molecule has 7 nitrogen and oxygen atoms in total. The highest BCUT2D eigenvalue weighted by molar-refractivity contribution is 6.11. The van der Waals surface area contributed by atoms with Gasteiger partial charge < -0.3 is 28.3 Å². The molecule has 3 rings (SSSR count). The van der Waals surface area contributed by atoms with Crippen LogP contribution in [0.15, 0.2) is 60.7 Å². The van der Waals surface area contributed by atoms with Gasteiger partial charge in [0.05, 0.1) is 20.8 Å². The molecule has 0 N–H and O–H groups in total. The number of ether oxygens (including phenoxy) is 5. The van der Waals surface area contributed by atoms with Crippen molar-refractivity contribution in [2.75, 3.05) is 21.3 Å². The summed E-state index contributed by atoms with van der Waals surface area (Å²) >= 11 is 0. The molecule has 3 aromatic rings. The van der Waals surface area contributed by atoms with E-state index in [9.17, 15) is 4.79 Å². The number of hydrogen-bond acceptors (Lipinski definition) is 7. The molecule has 0 heterocycles.